The van der Waals surface area contributed by atoms with Gasteiger partial charge in [0.2, 0.25) is 0 Å². The van der Waals surface area contributed by atoms with Crippen molar-refractivity contribution in [2.45, 2.75) is 25.7 Å². The van der Waals surface area contributed by atoms with Crippen molar-refractivity contribution in [2.24, 2.45) is 0 Å². The molecule has 0 heterocycles. The molecule has 0 saturated carbocycles. The first kappa shape index (κ1) is 20.5. The minimum Gasteiger partial charge on any atom is -1.00 e. The van der Waals surface area contributed by atoms with Crippen LogP contribution in [0.2, 0.25) is 0 Å². The van der Waals surface area contributed by atoms with Gasteiger partial charge in [-0.15, -0.1) is 0 Å². The molecule has 0 bridgehead atoms. The third kappa shape index (κ3) is 19.7. The molecule has 2 N–H and O–H groups in total. The molecule has 0 aromatic carbocycles. The molecule has 0 amide bonds. The summed E-state index contributed by atoms with van der Waals surface area (Å²) < 4.78 is 47.0. The van der Waals surface area contributed by atoms with E-state index in [9.17, 15) is 8.42 Å². The molecule has 2 atom stereocenters. The van der Waals surface area contributed by atoms with Gasteiger partial charge in [-0.05, 0) is 12.8 Å². The predicted molar refractivity (Wildman–Crippen MR) is 67.8 cm³/mol. The first-order chi connectivity index (χ1) is 7.21. The topological polar surface area (TPSA) is 93.1 Å². The zero-order chi connectivity index (χ0) is 12.7. The Labute approximate surface area is 125 Å². The second-order valence-electron chi connectivity index (χ2n) is 2.91. The molecule has 2 unspecified atom stereocenters. The van der Waals surface area contributed by atoms with Gasteiger partial charge in [0.15, 0.2) is 0 Å². The van der Waals surface area contributed by atoms with Crippen LogP contribution in [0.1, 0.15) is 27.1 Å². The van der Waals surface area contributed by atoms with Crippen molar-refractivity contribution in [3.63, 3.8) is 0 Å². The Morgan fingerprint density at radius 2 is 1.18 bits per heavy atom. The third-order valence-corrected chi connectivity index (χ3v) is 3.01. The molecule has 100 valence electrons. The first-order valence-corrected chi connectivity index (χ1v) is 9.17. The molecule has 17 heavy (non-hydrogen) atoms. The fourth-order valence-corrected chi connectivity index (χ4v) is 1.95. The van der Waals surface area contributed by atoms with E-state index in [1.807, 2.05) is 0 Å². The van der Waals surface area contributed by atoms with E-state index < -0.39 is 18.1 Å². The van der Waals surface area contributed by atoms with Gasteiger partial charge in [0.25, 0.3) is 18.1 Å². The quantitative estimate of drug-likeness (QED) is 0.371. The Morgan fingerprint density at radius 1 is 0.882 bits per heavy atom. The maximum atomic E-state index is 10.5. The van der Waals surface area contributed by atoms with E-state index in [2.05, 4.69) is 30.7 Å². The third-order valence-electron chi connectivity index (χ3n) is 1.50. The standard InChI is InChI=1S/C6H14O6S4.Li.H/c7-15(8,13)11-5-3-1-2-4-6-12-16(9,10)14;;/h1-6H2,(H,7,8,13)(H,9,10,14);;/q;+1;-1. The van der Waals surface area contributed by atoms with Crippen LogP contribution < -0.4 is 18.9 Å². The molecule has 0 aliphatic carbocycles. The maximum absolute atomic E-state index is 10.5. The molecule has 0 radical (unpaired) electrons. The summed E-state index contributed by atoms with van der Waals surface area (Å²) in [4.78, 5) is 0. The van der Waals surface area contributed by atoms with E-state index in [4.69, 9.17) is 9.11 Å². The summed E-state index contributed by atoms with van der Waals surface area (Å²) in [5.41, 5.74) is 0. The summed E-state index contributed by atoms with van der Waals surface area (Å²) in [6, 6.07) is 0. The minimum absolute atomic E-state index is 0. The van der Waals surface area contributed by atoms with E-state index in [0.29, 0.717) is 12.8 Å². The van der Waals surface area contributed by atoms with Gasteiger partial charge in [-0.1, -0.05) is 12.8 Å². The Hall–Kier alpha value is 1.18. The zero-order valence-electron chi connectivity index (χ0n) is 10.4. The second-order valence-corrected chi connectivity index (χ2v) is 7.62. The van der Waals surface area contributed by atoms with Crippen LogP contribution in [0.4, 0.5) is 0 Å². The summed E-state index contributed by atoms with van der Waals surface area (Å²) >= 11 is 8.23. The van der Waals surface area contributed by atoms with Crippen molar-refractivity contribution >= 4 is 40.5 Å². The normalized spacial score (nSPS) is 17.8. The number of hydrogen-bond acceptors (Lipinski definition) is 6. The predicted octanol–water partition coefficient (Wildman–Crippen LogP) is -2.03. The van der Waals surface area contributed by atoms with E-state index in [0.717, 1.165) is 12.8 Å². The van der Waals surface area contributed by atoms with Crippen molar-refractivity contribution in [3.8, 4) is 0 Å². The fraction of sp³-hybridized carbons (Fsp3) is 1.00. The molecular formula is C6H15LiO6S4. The van der Waals surface area contributed by atoms with Crippen LogP contribution in [0.25, 0.3) is 0 Å². The van der Waals surface area contributed by atoms with Crippen LogP contribution in [-0.4, -0.2) is 30.7 Å². The largest absolute Gasteiger partial charge is 1.00 e. The zero-order valence-corrected chi connectivity index (χ0v) is 12.7. The van der Waals surface area contributed by atoms with Crippen LogP contribution in [0.15, 0.2) is 0 Å². The Kier molecular flexibility index (Phi) is 12.1. The number of unbranched alkanes of at least 4 members (excludes halogenated alkanes) is 3. The van der Waals surface area contributed by atoms with E-state index >= 15 is 0 Å². The van der Waals surface area contributed by atoms with Crippen LogP contribution >= 0.6 is 0 Å². The van der Waals surface area contributed by atoms with Crippen molar-refractivity contribution < 1.29 is 46.2 Å². The van der Waals surface area contributed by atoms with Gasteiger partial charge < -0.3 is 1.43 Å². The molecule has 0 aliphatic rings. The number of hydrogen-bond donors (Lipinski definition) is 2. The molecule has 0 spiro atoms. The van der Waals surface area contributed by atoms with Gasteiger partial charge in [-0.25, -0.2) is 0 Å². The first-order valence-electron chi connectivity index (χ1n) is 4.44. The van der Waals surface area contributed by atoms with Crippen LogP contribution in [0, 0.1) is 0 Å². The van der Waals surface area contributed by atoms with Crippen LogP contribution in [-0.2, 0) is 48.8 Å². The van der Waals surface area contributed by atoms with Gasteiger partial charge in [0.05, 0.1) is 13.2 Å². The van der Waals surface area contributed by atoms with Crippen molar-refractivity contribution in [1.82, 2.24) is 0 Å². The van der Waals surface area contributed by atoms with Crippen molar-refractivity contribution in [1.29, 1.82) is 0 Å². The molecule has 0 fully saturated rings. The molecule has 0 aromatic heterocycles. The second kappa shape index (κ2) is 10.0. The van der Waals surface area contributed by atoms with Crippen LogP contribution in [0.3, 0.4) is 0 Å². The molecule has 11 heteroatoms. The van der Waals surface area contributed by atoms with Gasteiger partial charge in [-0.2, -0.15) is 8.42 Å². The minimum atomic E-state index is -3.52. The van der Waals surface area contributed by atoms with E-state index in [1.54, 1.807) is 0 Å². The number of rotatable bonds is 9. The molecule has 0 saturated heterocycles. The summed E-state index contributed by atoms with van der Waals surface area (Å²) in [5.74, 6) is 0. The maximum Gasteiger partial charge on any atom is 1.00 e. The Morgan fingerprint density at radius 3 is 1.41 bits per heavy atom. The SMILES string of the molecule is O=S(O)(=S)OCCCCCCOS(=O)(O)=S.[H-].[Li+]. The van der Waals surface area contributed by atoms with Crippen molar-refractivity contribution in [3.05, 3.63) is 0 Å². The smallest absolute Gasteiger partial charge is 1.00 e. The monoisotopic (exact) mass is 318 g/mol. The van der Waals surface area contributed by atoms with Gasteiger partial charge >= 0.3 is 18.9 Å². The Bertz CT molecular complexity index is 345. The average Bonchev–Trinajstić information content (AvgIpc) is 2.06. The van der Waals surface area contributed by atoms with Gasteiger partial charge in [-0.3, -0.25) is 17.5 Å². The fourth-order valence-electron chi connectivity index (χ4n) is 0.886. The summed E-state index contributed by atoms with van der Waals surface area (Å²) in [7, 11) is -7.03. The molecule has 6 nitrogen and oxygen atoms in total. The molecule has 0 rings (SSSR count). The average molecular weight is 318 g/mol. The summed E-state index contributed by atoms with van der Waals surface area (Å²) in [6.45, 7) is 0.245. The van der Waals surface area contributed by atoms with Gasteiger partial charge in [0, 0.05) is 22.4 Å². The molecular weight excluding hydrogens is 303 g/mol. The van der Waals surface area contributed by atoms with Crippen LogP contribution in [0.5, 0.6) is 0 Å². The molecule has 0 aromatic rings. The Balaban J connectivity index is -0.00000112. The molecule has 0 aliphatic heterocycles. The van der Waals surface area contributed by atoms with Crippen molar-refractivity contribution in [2.75, 3.05) is 13.2 Å². The summed E-state index contributed by atoms with van der Waals surface area (Å²) in [5, 5.41) is 0. The summed E-state index contributed by atoms with van der Waals surface area (Å²) in [6.07, 6.45) is 2.68. The van der Waals surface area contributed by atoms with Gasteiger partial charge in [0.1, 0.15) is 0 Å². The van der Waals surface area contributed by atoms with E-state index in [-0.39, 0.29) is 33.5 Å². The van der Waals surface area contributed by atoms with E-state index in [1.165, 1.54) is 0 Å².